The van der Waals surface area contributed by atoms with Gasteiger partial charge in [0.05, 0.1) is 6.61 Å². The molecule has 1 saturated carbocycles. The lowest BCUT2D eigenvalue weighted by Crippen LogP contribution is -2.22. The van der Waals surface area contributed by atoms with Gasteiger partial charge in [-0.15, -0.1) is 0 Å². The van der Waals surface area contributed by atoms with E-state index in [0.717, 1.165) is 12.8 Å². The molecule has 0 heterocycles. The van der Waals surface area contributed by atoms with Crippen LogP contribution in [0.4, 0.5) is 0 Å². The van der Waals surface area contributed by atoms with Crippen molar-refractivity contribution in [2.24, 2.45) is 11.1 Å². The second-order valence-electron chi connectivity index (χ2n) is 3.99. The van der Waals surface area contributed by atoms with Crippen LogP contribution in [0.1, 0.15) is 12.8 Å². The first-order valence-electron chi connectivity index (χ1n) is 4.86. The van der Waals surface area contributed by atoms with Gasteiger partial charge in [-0.1, -0.05) is 6.07 Å². The Labute approximate surface area is 83.5 Å². The summed E-state index contributed by atoms with van der Waals surface area (Å²) in [4.78, 5) is 0. The molecule has 0 bridgehead atoms. The first-order valence-corrected chi connectivity index (χ1v) is 4.86. The molecule has 0 spiro atoms. The summed E-state index contributed by atoms with van der Waals surface area (Å²) >= 11 is 0. The Hall–Kier alpha value is -1.22. The summed E-state index contributed by atoms with van der Waals surface area (Å²) in [5.74, 6) is 0.949. The Bertz CT molecular complexity index is 321. The standard InChI is InChI=1S/C11H15NO2/c12-7-11(4-5-11)8-14-10-3-1-2-9(13)6-10/h1-3,6,13H,4-5,7-8,12H2. The number of aromatic hydroxyl groups is 1. The molecule has 0 unspecified atom stereocenters. The molecule has 0 amide bonds. The molecule has 3 nitrogen and oxygen atoms in total. The molecule has 1 fully saturated rings. The lowest BCUT2D eigenvalue weighted by Gasteiger charge is -2.13. The summed E-state index contributed by atoms with van der Waals surface area (Å²) in [5.41, 5.74) is 5.85. The van der Waals surface area contributed by atoms with Crippen LogP contribution in [-0.2, 0) is 0 Å². The zero-order valence-corrected chi connectivity index (χ0v) is 8.07. The summed E-state index contributed by atoms with van der Waals surface area (Å²) in [7, 11) is 0. The number of phenolic OH excluding ortho intramolecular Hbond substituents is 1. The lowest BCUT2D eigenvalue weighted by atomic mass is 10.1. The maximum atomic E-state index is 9.21. The molecular weight excluding hydrogens is 178 g/mol. The van der Waals surface area contributed by atoms with Crippen molar-refractivity contribution in [2.75, 3.05) is 13.2 Å². The number of nitrogens with two attached hydrogens (primary N) is 1. The first-order chi connectivity index (χ1) is 6.74. The Kier molecular flexibility index (Phi) is 2.33. The Morgan fingerprint density at radius 1 is 1.43 bits per heavy atom. The van der Waals surface area contributed by atoms with E-state index < -0.39 is 0 Å². The van der Waals surface area contributed by atoms with Gasteiger partial charge in [-0.3, -0.25) is 0 Å². The average Bonchev–Trinajstić information content (AvgIpc) is 2.96. The first kappa shape index (κ1) is 9.34. The normalized spacial score (nSPS) is 17.8. The molecule has 14 heavy (non-hydrogen) atoms. The van der Waals surface area contributed by atoms with Crippen molar-refractivity contribution < 1.29 is 9.84 Å². The second-order valence-corrected chi connectivity index (χ2v) is 3.99. The highest BCUT2D eigenvalue weighted by Crippen LogP contribution is 2.44. The van der Waals surface area contributed by atoms with Crippen LogP contribution in [0.3, 0.4) is 0 Å². The molecule has 1 aromatic rings. The van der Waals surface area contributed by atoms with Gasteiger partial charge in [0.1, 0.15) is 11.5 Å². The molecule has 3 heteroatoms. The number of phenols is 1. The van der Waals surface area contributed by atoms with Crippen LogP contribution in [0.5, 0.6) is 11.5 Å². The fraction of sp³-hybridized carbons (Fsp3) is 0.455. The van der Waals surface area contributed by atoms with E-state index in [2.05, 4.69) is 0 Å². The highest BCUT2D eigenvalue weighted by atomic mass is 16.5. The zero-order chi connectivity index (χ0) is 10.0. The van der Waals surface area contributed by atoms with E-state index in [-0.39, 0.29) is 11.2 Å². The fourth-order valence-electron chi connectivity index (χ4n) is 1.39. The van der Waals surface area contributed by atoms with Gasteiger partial charge in [0.25, 0.3) is 0 Å². The number of rotatable bonds is 4. The van der Waals surface area contributed by atoms with E-state index in [4.69, 9.17) is 10.5 Å². The van der Waals surface area contributed by atoms with E-state index >= 15 is 0 Å². The van der Waals surface area contributed by atoms with Crippen LogP contribution in [0.25, 0.3) is 0 Å². The van der Waals surface area contributed by atoms with Gasteiger partial charge in [-0.2, -0.15) is 0 Å². The van der Waals surface area contributed by atoms with Crippen molar-refractivity contribution in [3.8, 4) is 11.5 Å². The molecule has 2 rings (SSSR count). The van der Waals surface area contributed by atoms with Gasteiger partial charge < -0.3 is 15.6 Å². The predicted octanol–water partition coefficient (Wildman–Crippen LogP) is 1.51. The van der Waals surface area contributed by atoms with Crippen LogP contribution in [0, 0.1) is 5.41 Å². The molecular formula is C11H15NO2. The molecule has 0 atom stereocenters. The molecule has 1 aliphatic carbocycles. The quantitative estimate of drug-likeness (QED) is 0.762. The van der Waals surface area contributed by atoms with Gasteiger partial charge in [-0.05, 0) is 25.0 Å². The summed E-state index contributed by atoms with van der Waals surface area (Å²) in [6, 6.07) is 6.86. The monoisotopic (exact) mass is 193 g/mol. The molecule has 1 aromatic carbocycles. The van der Waals surface area contributed by atoms with Crippen LogP contribution in [0.15, 0.2) is 24.3 Å². The topological polar surface area (TPSA) is 55.5 Å². The Morgan fingerprint density at radius 3 is 2.79 bits per heavy atom. The highest BCUT2D eigenvalue weighted by Gasteiger charge is 2.42. The van der Waals surface area contributed by atoms with Crippen molar-refractivity contribution in [1.29, 1.82) is 0 Å². The van der Waals surface area contributed by atoms with Crippen molar-refractivity contribution >= 4 is 0 Å². The number of benzene rings is 1. The van der Waals surface area contributed by atoms with Gasteiger partial charge in [0.2, 0.25) is 0 Å². The molecule has 0 radical (unpaired) electrons. The van der Waals surface area contributed by atoms with Crippen molar-refractivity contribution in [3.63, 3.8) is 0 Å². The maximum absolute atomic E-state index is 9.21. The van der Waals surface area contributed by atoms with Crippen molar-refractivity contribution in [1.82, 2.24) is 0 Å². The fourth-order valence-corrected chi connectivity index (χ4v) is 1.39. The van der Waals surface area contributed by atoms with Crippen molar-refractivity contribution in [3.05, 3.63) is 24.3 Å². The minimum absolute atomic E-state index is 0.214. The van der Waals surface area contributed by atoms with E-state index in [1.54, 1.807) is 18.2 Å². The van der Waals surface area contributed by atoms with E-state index in [9.17, 15) is 5.11 Å². The summed E-state index contributed by atoms with van der Waals surface area (Å²) in [6.07, 6.45) is 2.31. The third-order valence-electron chi connectivity index (χ3n) is 2.75. The third-order valence-corrected chi connectivity index (χ3v) is 2.75. The minimum atomic E-state index is 0.214. The predicted molar refractivity (Wildman–Crippen MR) is 54.3 cm³/mol. The third kappa shape index (κ3) is 1.99. The van der Waals surface area contributed by atoms with Gasteiger partial charge in [0.15, 0.2) is 0 Å². The summed E-state index contributed by atoms with van der Waals surface area (Å²) in [5, 5.41) is 9.21. The number of hydrogen-bond donors (Lipinski definition) is 2. The zero-order valence-electron chi connectivity index (χ0n) is 8.07. The largest absolute Gasteiger partial charge is 0.508 e. The Morgan fingerprint density at radius 2 is 2.21 bits per heavy atom. The molecule has 0 aromatic heterocycles. The SMILES string of the molecule is NCC1(COc2cccc(O)c2)CC1. The average molecular weight is 193 g/mol. The summed E-state index contributed by atoms with van der Waals surface area (Å²) in [6.45, 7) is 1.35. The second kappa shape index (κ2) is 3.50. The van der Waals surface area contributed by atoms with E-state index in [0.29, 0.717) is 18.9 Å². The maximum Gasteiger partial charge on any atom is 0.123 e. The van der Waals surface area contributed by atoms with E-state index in [1.807, 2.05) is 6.07 Å². The van der Waals surface area contributed by atoms with Gasteiger partial charge in [0, 0.05) is 18.0 Å². The molecule has 0 saturated heterocycles. The molecule has 0 aliphatic heterocycles. The Balaban J connectivity index is 1.92. The number of hydrogen-bond acceptors (Lipinski definition) is 3. The number of ether oxygens (including phenoxy) is 1. The smallest absolute Gasteiger partial charge is 0.123 e. The summed E-state index contributed by atoms with van der Waals surface area (Å²) < 4.78 is 5.56. The van der Waals surface area contributed by atoms with Crippen LogP contribution in [-0.4, -0.2) is 18.3 Å². The molecule has 76 valence electrons. The lowest BCUT2D eigenvalue weighted by molar-refractivity contribution is 0.238. The van der Waals surface area contributed by atoms with Crippen molar-refractivity contribution in [2.45, 2.75) is 12.8 Å². The minimum Gasteiger partial charge on any atom is -0.508 e. The van der Waals surface area contributed by atoms with E-state index in [1.165, 1.54) is 0 Å². The van der Waals surface area contributed by atoms with Gasteiger partial charge in [-0.25, -0.2) is 0 Å². The van der Waals surface area contributed by atoms with Crippen LogP contribution < -0.4 is 10.5 Å². The molecule has 1 aliphatic rings. The van der Waals surface area contributed by atoms with Crippen LogP contribution in [0.2, 0.25) is 0 Å². The van der Waals surface area contributed by atoms with Crippen LogP contribution >= 0.6 is 0 Å². The highest BCUT2D eigenvalue weighted by molar-refractivity contribution is 5.31. The van der Waals surface area contributed by atoms with Gasteiger partial charge >= 0.3 is 0 Å². The molecule has 3 N–H and O–H groups in total.